The third kappa shape index (κ3) is 6.22. The summed E-state index contributed by atoms with van der Waals surface area (Å²) in [7, 11) is -2.40. The third-order valence-corrected chi connectivity index (χ3v) is 5.20. The Kier molecular flexibility index (Phi) is 3.38. The fraction of sp³-hybridized carbons (Fsp3) is 1.00. The van der Waals surface area contributed by atoms with E-state index in [1.807, 2.05) is 25.7 Å². The molecule has 0 radical (unpaired) electrons. The van der Waals surface area contributed by atoms with Crippen LogP contribution in [-0.4, -0.2) is 40.3 Å². The molecule has 0 aromatic rings. The minimum atomic E-state index is -2.40. The molecule has 0 spiro atoms. The SMILES string of the molecule is CC(CNC(C)(C)C)S(C)(C)(C)=O. The van der Waals surface area contributed by atoms with E-state index in [-0.39, 0.29) is 10.8 Å². The summed E-state index contributed by atoms with van der Waals surface area (Å²) in [5, 5.41) is 3.60. The van der Waals surface area contributed by atoms with Gasteiger partial charge in [0.05, 0.1) is 0 Å². The van der Waals surface area contributed by atoms with E-state index >= 15 is 0 Å². The highest BCUT2D eigenvalue weighted by molar-refractivity contribution is 8.18. The van der Waals surface area contributed by atoms with Gasteiger partial charge in [0.1, 0.15) is 0 Å². The van der Waals surface area contributed by atoms with Gasteiger partial charge in [0.2, 0.25) is 0 Å². The summed E-state index contributed by atoms with van der Waals surface area (Å²) in [6, 6.07) is 0. The molecule has 1 atom stereocenters. The smallest absolute Gasteiger partial charge is 0.0240 e. The monoisotopic (exact) mass is 207 g/mol. The molecule has 0 saturated heterocycles. The molecule has 0 rings (SSSR count). The second kappa shape index (κ2) is 3.35. The minimum Gasteiger partial charge on any atom is -0.311 e. The van der Waals surface area contributed by atoms with E-state index in [0.717, 1.165) is 6.54 Å². The van der Waals surface area contributed by atoms with Gasteiger partial charge in [0.25, 0.3) is 0 Å². The van der Waals surface area contributed by atoms with E-state index in [1.54, 1.807) is 0 Å². The lowest BCUT2D eigenvalue weighted by molar-refractivity contribution is 0.426. The van der Waals surface area contributed by atoms with Crippen LogP contribution in [0.5, 0.6) is 0 Å². The Morgan fingerprint density at radius 1 is 1.23 bits per heavy atom. The predicted octanol–water partition coefficient (Wildman–Crippen LogP) is 1.47. The summed E-state index contributed by atoms with van der Waals surface area (Å²) in [4.78, 5) is 0. The second-order valence-electron chi connectivity index (χ2n) is 5.97. The number of hydrogen-bond donors (Lipinski definition) is 1. The van der Waals surface area contributed by atoms with Crippen LogP contribution in [0.1, 0.15) is 27.7 Å². The van der Waals surface area contributed by atoms with E-state index < -0.39 is 9.07 Å². The van der Waals surface area contributed by atoms with Gasteiger partial charge in [-0.1, -0.05) is 16.0 Å². The summed E-state index contributed by atoms with van der Waals surface area (Å²) in [5.41, 5.74) is 0.110. The van der Waals surface area contributed by atoms with Crippen LogP contribution in [0.15, 0.2) is 0 Å². The summed E-state index contributed by atoms with van der Waals surface area (Å²) >= 11 is 0. The molecule has 0 amide bonds. The predicted molar refractivity (Wildman–Crippen MR) is 63.1 cm³/mol. The highest BCUT2D eigenvalue weighted by Gasteiger charge is 2.27. The Morgan fingerprint density at radius 3 is 1.85 bits per heavy atom. The topological polar surface area (TPSA) is 29.1 Å². The lowest BCUT2D eigenvalue weighted by Crippen LogP contribution is -2.49. The molecule has 0 aromatic carbocycles. The van der Waals surface area contributed by atoms with E-state index in [2.05, 4.69) is 26.1 Å². The molecular formula is C10H25NOS. The largest absolute Gasteiger partial charge is 0.311 e. The standard InChI is InChI=1S/C10H25NOS/c1-9(13(5,6,7)12)8-11-10(2,3)4/h9,11H,8H2,1-7H3. The molecule has 0 heterocycles. The summed E-state index contributed by atoms with van der Waals surface area (Å²) < 4.78 is 12.2. The quantitative estimate of drug-likeness (QED) is 0.759. The van der Waals surface area contributed by atoms with Crippen LogP contribution in [-0.2, 0) is 9.07 Å². The van der Waals surface area contributed by atoms with Crippen molar-refractivity contribution in [1.29, 1.82) is 0 Å². The first-order valence-corrected chi connectivity index (χ1v) is 7.97. The van der Waals surface area contributed by atoms with Gasteiger partial charge >= 0.3 is 0 Å². The van der Waals surface area contributed by atoms with Crippen molar-refractivity contribution in [3.8, 4) is 0 Å². The van der Waals surface area contributed by atoms with Gasteiger partial charge in [-0.05, 0) is 39.5 Å². The van der Waals surface area contributed by atoms with E-state index in [4.69, 9.17) is 0 Å². The molecule has 1 N–H and O–H groups in total. The first kappa shape index (κ1) is 13.1. The lowest BCUT2D eigenvalue weighted by Gasteiger charge is -2.37. The lowest BCUT2D eigenvalue weighted by atomic mass is 10.1. The zero-order chi connectivity index (χ0) is 10.9. The van der Waals surface area contributed by atoms with Gasteiger partial charge in [0.15, 0.2) is 0 Å². The van der Waals surface area contributed by atoms with Crippen molar-refractivity contribution in [1.82, 2.24) is 5.32 Å². The van der Waals surface area contributed by atoms with Crippen molar-refractivity contribution in [2.45, 2.75) is 38.5 Å². The zero-order valence-electron chi connectivity index (χ0n) is 10.1. The molecular weight excluding hydrogens is 182 g/mol. The van der Waals surface area contributed by atoms with Crippen LogP contribution >= 0.6 is 0 Å². The van der Waals surface area contributed by atoms with Gasteiger partial charge in [-0.25, -0.2) is 0 Å². The van der Waals surface area contributed by atoms with Crippen molar-refractivity contribution in [2.75, 3.05) is 25.3 Å². The fourth-order valence-corrected chi connectivity index (χ4v) is 1.39. The van der Waals surface area contributed by atoms with Crippen LogP contribution < -0.4 is 5.32 Å². The molecule has 0 aliphatic carbocycles. The highest BCUT2D eigenvalue weighted by Crippen LogP contribution is 2.19. The molecule has 0 bridgehead atoms. The van der Waals surface area contributed by atoms with Gasteiger partial charge in [0, 0.05) is 17.3 Å². The fourth-order valence-electron chi connectivity index (χ4n) is 0.734. The van der Waals surface area contributed by atoms with Gasteiger partial charge in [-0.15, -0.1) is 0 Å². The van der Waals surface area contributed by atoms with Crippen LogP contribution in [0.4, 0.5) is 0 Å². The number of hydrogen-bond acceptors (Lipinski definition) is 2. The van der Waals surface area contributed by atoms with Crippen molar-refractivity contribution in [2.24, 2.45) is 0 Å². The van der Waals surface area contributed by atoms with Gasteiger partial charge in [-0.3, -0.25) is 4.21 Å². The average molecular weight is 207 g/mol. The van der Waals surface area contributed by atoms with Crippen molar-refractivity contribution < 1.29 is 4.21 Å². The maximum Gasteiger partial charge on any atom is 0.0240 e. The Morgan fingerprint density at radius 2 is 1.62 bits per heavy atom. The number of nitrogens with one attached hydrogen (secondary N) is 1. The molecule has 0 aliphatic heterocycles. The molecule has 0 aromatic heterocycles. The average Bonchev–Trinajstić information content (AvgIpc) is 1.76. The Balaban J connectivity index is 4.20. The van der Waals surface area contributed by atoms with E-state index in [9.17, 15) is 4.21 Å². The van der Waals surface area contributed by atoms with E-state index in [1.165, 1.54) is 0 Å². The molecule has 1 unspecified atom stereocenters. The molecule has 0 aliphatic rings. The van der Waals surface area contributed by atoms with Crippen LogP contribution in [0, 0.1) is 0 Å². The highest BCUT2D eigenvalue weighted by atomic mass is 32.3. The molecule has 13 heavy (non-hydrogen) atoms. The van der Waals surface area contributed by atoms with Crippen LogP contribution in [0.25, 0.3) is 0 Å². The Bertz CT molecular complexity index is 223. The molecule has 0 fully saturated rings. The summed E-state index contributed by atoms with van der Waals surface area (Å²) in [5.74, 6) is 0. The van der Waals surface area contributed by atoms with E-state index in [0.29, 0.717) is 0 Å². The minimum absolute atomic E-state index is 0.110. The second-order valence-corrected chi connectivity index (χ2v) is 11.8. The van der Waals surface area contributed by atoms with Crippen molar-refractivity contribution >= 4 is 9.07 Å². The molecule has 82 valence electrons. The molecule has 2 nitrogen and oxygen atoms in total. The molecule has 3 heteroatoms. The van der Waals surface area contributed by atoms with Gasteiger partial charge < -0.3 is 5.32 Å². The summed E-state index contributed by atoms with van der Waals surface area (Å²) in [6.45, 7) is 9.24. The summed E-state index contributed by atoms with van der Waals surface area (Å²) in [6.07, 6.45) is 5.60. The molecule has 0 saturated carbocycles. The first-order valence-electron chi connectivity index (χ1n) is 4.72. The number of rotatable bonds is 3. The Hall–Kier alpha value is 0.110. The Labute approximate surface area is 82.9 Å². The van der Waals surface area contributed by atoms with Gasteiger partial charge in [-0.2, -0.15) is 0 Å². The van der Waals surface area contributed by atoms with Crippen molar-refractivity contribution in [3.63, 3.8) is 0 Å². The van der Waals surface area contributed by atoms with Crippen LogP contribution in [0.2, 0.25) is 0 Å². The maximum atomic E-state index is 12.2. The van der Waals surface area contributed by atoms with Crippen LogP contribution in [0.3, 0.4) is 0 Å². The maximum absolute atomic E-state index is 12.2. The van der Waals surface area contributed by atoms with Crippen molar-refractivity contribution in [3.05, 3.63) is 0 Å². The zero-order valence-corrected chi connectivity index (χ0v) is 10.9. The normalized spacial score (nSPS) is 19.2. The third-order valence-electron chi connectivity index (χ3n) is 2.29. The first-order chi connectivity index (χ1) is 5.39.